The molecule has 0 heterocycles. The van der Waals surface area contributed by atoms with E-state index in [4.69, 9.17) is 27.9 Å². The SMILES string of the molecule is CCOCCCCNC(=NC)NCc1cc(Cl)cc(Cl)c1OC(F)F. The summed E-state index contributed by atoms with van der Waals surface area (Å²) in [5.74, 6) is 0.441. The number of guanidine groups is 1. The molecule has 0 amide bonds. The summed E-state index contributed by atoms with van der Waals surface area (Å²) in [5, 5.41) is 6.52. The second-order valence-corrected chi connectivity index (χ2v) is 5.85. The van der Waals surface area contributed by atoms with Crippen LogP contribution in [0.3, 0.4) is 0 Å². The summed E-state index contributed by atoms with van der Waals surface area (Å²) in [5.41, 5.74) is 0.414. The van der Waals surface area contributed by atoms with Crippen molar-refractivity contribution in [2.75, 3.05) is 26.8 Å². The Labute approximate surface area is 156 Å². The van der Waals surface area contributed by atoms with Crippen molar-refractivity contribution in [1.29, 1.82) is 0 Å². The van der Waals surface area contributed by atoms with Gasteiger partial charge >= 0.3 is 6.61 Å². The van der Waals surface area contributed by atoms with Crippen LogP contribution in [-0.2, 0) is 11.3 Å². The van der Waals surface area contributed by atoms with Crippen LogP contribution >= 0.6 is 23.2 Å². The molecule has 1 aromatic carbocycles. The first kappa shape index (κ1) is 21.7. The van der Waals surface area contributed by atoms with Crippen molar-refractivity contribution in [3.8, 4) is 5.75 Å². The number of unbranched alkanes of at least 4 members (excludes halogenated alkanes) is 1. The fraction of sp³-hybridized carbons (Fsp3) is 0.562. The van der Waals surface area contributed by atoms with Gasteiger partial charge in [0, 0.05) is 43.9 Å². The molecule has 0 bridgehead atoms. The van der Waals surface area contributed by atoms with Gasteiger partial charge in [0.15, 0.2) is 5.96 Å². The van der Waals surface area contributed by atoms with E-state index >= 15 is 0 Å². The third kappa shape index (κ3) is 8.56. The molecule has 0 unspecified atom stereocenters. The van der Waals surface area contributed by atoms with Crippen molar-refractivity contribution in [2.24, 2.45) is 4.99 Å². The van der Waals surface area contributed by atoms with Gasteiger partial charge in [-0.25, -0.2) is 0 Å². The molecule has 2 N–H and O–H groups in total. The van der Waals surface area contributed by atoms with Crippen LogP contribution in [0, 0.1) is 0 Å². The zero-order valence-electron chi connectivity index (χ0n) is 14.3. The van der Waals surface area contributed by atoms with Crippen molar-refractivity contribution < 1.29 is 18.3 Å². The van der Waals surface area contributed by atoms with Gasteiger partial charge in [-0.2, -0.15) is 8.78 Å². The minimum atomic E-state index is -2.97. The largest absolute Gasteiger partial charge is 0.433 e. The highest BCUT2D eigenvalue weighted by Crippen LogP contribution is 2.33. The summed E-state index contributed by atoms with van der Waals surface area (Å²) in [6.45, 7) is 1.31. The molecular formula is C16H23Cl2F2N3O2. The molecule has 5 nitrogen and oxygen atoms in total. The molecule has 0 aliphatic rings. The molecule has 0 aliphatic heterocycles. The van der Waals surface area contributed by atoms with Crippen LogP contribution < -0.4 is 15.4 Å². The van der Waals surface area contributed by atoms with Gasteiger partial charge in [0.1, 0.15) is 5.75 Å². The van der Waals surface area contributed by atoms with Crippen LogP contribution in [0.1, 0.15) is 25.3 Å². The third-order valence-electron chi connectivity index (χ3n) is 3.17. The summed E-state index contributed by atoms with van der Waals surface area (Å²) in [6, 6.07) is 2.88. The van der Waals surface area contributed by atoms with E-state index in [2.05, 4.69) is 20.4 Å². The van der Waals surface area contributed by atoms with Crippen LogP contribution in [0.25, 0.3) is 0 Å². The predicted octanol–water partition coefficient (Wildman–Crippen LogP) is 4.08. The van der Waals surface area contributed by atoms with E-state index in [9.17, 15) is 8.78 Å². The van der Waals surface area contributed by atoms with Crippen LogP contribution in [-0.4, -0.2) is 39.4 Å². The lowest BCUT2D eigenvalue weighted by atomic mass is 10.2. The number of nitrogens with one attached hydrogen (secondary N) is 2. The number of benzene rings is 1. The number of rotatable bonds is 10. The molecule has 1 aromatic rings. The second kappa shape index (κ2) is 12.1. The van der Waals surface area contributed by atoms with Crippen molar-refractivity contribution in [1.82, 2.24) is 10.6 Å². The first-order valence-electron chi connectivity index (χ1n) is 7.92. The Balaban J connectivity index is 2.57. The minimum absolute atomic E-state index is 0.0310. The third-order valence-corrected chi connectivity index (χ3v) is 3.67. The molecule has 9 heteroatoms. The smallest absolute Gasteiger partial charge is 0.387 e. The number of hydrogen-bond acceptors (Lipinski definition) is 3. The average molecular weight is 398 g/mol. The van der Waals surface area contributed by atoms with Crippen LogP contribution in [0.15, 0.2) is 17.1 Å². The lowest BCUT2D eigenvalue weighted by Gasteiger charge is -2.16. The lowest BCUT2D eigenvalue weighted by molar-refractivity contribution is -0.0504. The number of ether oxygens (including phenoxy) is 2. The van der Waals surface area contributed by atoms with Gasteiger partial charge in [0.2, 0.25) is 0 Å². The maximum atomic E-state index is 12.6. The van der Waals surface area contributed by atoms with E-state index in [-0.39, 0.29) is 17.3 Å². The Morgan fingerprint density at radius 3 is 2.64 bits per heavy atom. The first-order valence-corrected chi connectivity index (χ1v) is 8.68. The summed E-state index contributed by atoms with van der Waals surface area (Å²) in [4.78, 5) is 4.08. The molecule has 0 saturated heterocycles. The molecule has 1 rings (SSSR count). The fourth-order valence-corrected chi connectivity index (χ4v) is 2.63. The normalized spacial score (nSPS) is 11.7. The van der Waals surface area contributed by atoms with E-state index in [1.807, 2.05) is 6.92 Å². The highest BCUT2D eigenvalue weighted by molar-refractivity contribution is 6.35. The summed E-state index contributed by atoms with van der Waals surface area (Å²) in [7, 11) is 1.62. The topological polar surface area (TPSA) is 54.9 Å². The molecule has 0 spiro atoms. The summed E-state index contributed by atoms with van der Waals surface area (Å²) in [6.07, 6.45) is 1.86. The minimum Gasteiger partial charge on any atom is -0.433 e. The Hall–Kier alpha value is -1.31. The first-order chi connectivity index (χ1) is 12.0. The maximum absolute atomic E-state index is 12.6. The zero-order chi connectivity index (χ0) is 18.7. The van der Waals surface area contributed by atoms with E-state index in [0.717, 1.165) is 19.4 Å². The predicted molar refractivity (Wildman–Crippen MR) is 97.0 cm³/mol. The van der Waals surface area contributed by atoms with Crippen LogP contribution in [0.4, 0.5) is 8.78 Å². The zero-order valence-corrected chi connectivity index (χ0v) is 15.8. The van der Waals surface area contributed by atoms with Crippen molar-refractivity contribution >= 4 is 29.2 Å². The van der Waals surface area contributed by atoms with E-state index in [0.29, 0.717) is 29.7 Å². The van der Waals surface area contributed by atoms with Crippen molar-refractivity contribution in [3.63, 3.8) is 0 Å². The standard InChI is InChI=1S/C16H23Cl2F2N3O2/c1-3-24-7-5-4-6-22-16(21-2)23-10-11-8-12(17)9-13(18)14(11)25-15(19)20/h8-9,15H,3-7,10H2,1-2H3,(H2,21,22,23). The maximum Gasteiger partial charge on any atom is 0.387 e. The monoisotopic (exact) mass is 397 g/mol. The highest BCUT2D eigenvalue weighted by atomic mass is 35.5. The average Bonchev–Trinajstić information content (AvgIpc) is 2.56. The van der Waals surface area contributed by atoms with Crippen LogP contribution in [0.2, 0.25) is 10.0 Å². The summed E-state index contributed by atoms with van der Waals surface area (Å²) >= 11 is 11.9. The quantitative estimate of drug-likeness (QED) is 0.354. The van der Waals surface area contributed by atoms with E-state index in [1.165, 1.54) is 12.1 Å². The molecule has 0 radical (unpaired) electrons. The fourth-order valence-electron chi connectivity index (χ4n) is 2.05. The van der Waals surface area contributed by atoms with Gasteiger partial charge in [-0.15, -0.1) is 0 Å². The Bertz CT molecular complexity index is 560. The van der Waals surface area contributed by atoms with Gasteiger partial charge in [-0.05, 0) is 31.9 Å². The second-order valence-electron chi connectivity index (χ2n) is 5.01. The van der Waals surface area contributed by atoms with Gasteiger partial charge < -0.3 is 20.1 Å². The molecule has 25 heavy (non-hydrogen) atoms. The van der Waals surface area contributed by atoms with Crippen molar-refractivity contribution in [3.05, 3.63) is 27.7 Å². The molecular weight excluding hydrogens is 375 g/mol. The van der Waals surface area contributed by atoms with Crippen molar-refractivity contribution in [2.45, 2.75) is 32.9 Å². The Kier molecular flexibility index (Phi) is 10.5. The number of halogens is 4. The Morgan fingerprint density at radius 1 is 1.24 bits per heavy atom. The van der Waals surface area contributed by atoms with Gasteiger partial charge in [-0.3, -0.25) is 4.99 Å². The van der Waals surface area contributed by atoms with E-state index < -0.39 is 6.61 Å². The van der Waals surface area contributed by atoms with Gasteiger partial charge in [-0.1, -0.05) is 23.2 Å². The number of alkyl halides is 2. The highest BCUT2D eigenvalue weighted by Gasteiger charge is 2.15. The number of hydrogen-bond donors (Lipinski definition) is 2. The summed E-state index contributed by atoms with van der Waals surface area (Å²) < 4.78 is 34.9. The molecule has 0 aliphatic carbocycles. The van der Waals surface area contributed by atoms with Gasteiger partial charge in [0.25, 0.3) is 0 Å². The molecule has 0 aromatic heterocycles. The molecule has 0 saturated carbocycles. The van der Waals surface area contributed by atoms with E-state index in [1.54, 1.807) is 7.05 Å². The number of nitrogens with zero attached hydrogens (tertiary/aromatic N) is 1. The molecule has 142 valence electrons. The van der Waals surface area contributed by atoms with Crippen LogP contribution in [0.5, 0.6) is 5.75 Å². The lowest BCUT2D eigenvalue weighted by Crippen LogP contribution is -2.37. The number of aliphatic imine (C=N–C) groups is 1. The molecule has 0 atom stereocenters. The molecule has 0 fully saturated rings. The van der Waals surface area contributed by atoms with Gasteiger partial charge in [0.05, 0.1) is 5.02 Å². The Morgan fingerprint density at radius 2 is 2.00 bits per heavy atom.